The van der Waals surface area contributed by atoms with Crippen molar-refractivity contribution in [2.24, 2.45) is 5.92 Å². The SMILES string of the molecule is Cc1cc([C@@H](C)Nc2ccc(Cl)nc2C(=O)O)c2nc(N3CCOC(C)(C4CC4)C3)c(C#N)nc2c1. The van der Waals surface area contributed by atoms with E-state index in [1.54, 1.807) is 12.1 Å². The van der Waals surface area contributed by atoms with Crippen molar-refractivity contribution in [3.05, 3.63) is 51.9 Å². The van der Waals surface area contributed by atoms with Gasteiger partial charge in [-0.15, -0.1) is 0 Å². The van der Waals surface area contributed by atoms with E-state index in [9.17, 15) is 15.2 Å². The number of benzene rings is 1. The lowest BCUT2D eigenvalue weighted by Crippen LogP contribution is -2.52. The second kappa shape index (κ2) is 9.19. The smallest absolute Gasteiger partial charge is 0.356 e. The Kier molecular flexibility index (Phi) is 6.18. The van der Waals surface area contributed by atoms with Crippen LogP contribution < -0.4 is 10.2 Å². The van der Waals surface area contributed by atoms with Gasteiger partial charge in [-0.1, -0.05) is 17.7 Å². The molecule has 1 saturated carbocycles. The number of nitrogens with zero attached hydrogens (tertiary/aromatic N) is 5. The number of carboxylic acids is 1. The van der Waals surface area contributed by atoms with Crippen molar-refractivity contribution in [1.82, 2.24) is 15.0 Å². The Hall–Kier alpha value is -3.48. The molecule has 1 aliphatic heterocycles. The van der Waals surface area contributed by atoms with E-state index in [1.165, 1.54) is 0 Å². The maximum Gasteiger partial charge on any atom is 0.356 e. The number of hydrogen-bond acceptors (Lipinski definition) is 8. The minimum absolute atomic E-state index is 0.106. The zero-order valence-corrected chi connectivity index (χ0v) is 21.1. The van der Waals surface area contributed by atoms with Crippen LogP contribution in [-0.4, -0.2) is 51.3 Å². The molecule has 2 N–H and O–H groups in total. The Labute approximate surface area is 214 Å². The highest BCUT2D eigenvalue weighted by molar-refractivity contribution is 6.29. The molecule has 36 heavy (non-hydrogen) atoms. The summed E-state index contributed by atoms with van der Waals surface area (Å²) in [5.41, 5.74) is 3.29. The maximum atomic E-state index is 11.7. The van der Waals surface area contributed by atoms with Crippen LogP contribution in [0.15, 0.2) is 24.3 Å². The minimum atomic E-state index is -1.17. The summed E-state index contributed by atoms with van der Waals surface area (Å²) in [4.78, 5) is 27.5. The number of halogens is 1. The van der Waals surface area contributed by atoms with Crippen molar-refractivity contribution >= 4 is 40.1 Å². The highest BCUT2D eigenvalue weighted by atomic mass is 35.5. The van der Waals surface area contributed by atoms with Crippen LogP contribution in [0.2, 0.25) is 5.15 Å². The van der Waals surface area contributed by atoms with Gasteiger partial charge < -0.3 is 20.1 Å². The number of morpholine rings is 1. The average Bonchev–Trinajstić information content (AvgIpc) is 3.70. The van der Waals surface area contributed by atoms with Gasteiger partial charge in [-0.3, -0.25) is 0 Å². The molecule has 3 heterocycles. The highest BCUT2D eigenvalue weighted by Gasteiger charge is 2.46. The number of aromatic nitrogens is 3. The van der Waals surface area contributed by atoms with Crippen molar-refractivity contribution in [2.75, 3.05) is 29.9 Å². The van der Waals surface area contributed by atoms with Gasteiger partial charge in [0.15, 0.2) is 17.2 Å². The molecule has 0 spiro atoms. The first-order valence-electron chi connectivity index (χ1n) is 12.0. The van der Waals surface area contributed by atoms with Crippen LogP contribution in [0.1, 0.15) is 60.0 Å². The molecular weight excluding hydrogens is 480 g/mol. The van der Waals surface area contributed by atoms with Crippen molar-refractivity contribution in [3.63, 3.8) is 0 Å². The summed E-state index contributed by atoms with van der Waals surface area (Å²) in [7, 11) is 0. The quantitative estimate of drug-likeness (QED) is 0.456. The number of pyridine rings is 1. The molecule has 2 aromatic heterocycles. The van der Waals surface area contributed by atoms with E-state index in [-0.39, 0.29) is 28.2 Å². The van der Waals surface area contributed by atoms with E-state index in [1.807, 2.05) is 26.0 Å². The van der Waals surface area contributed by atoms with Gasteiger partial charge in [0.25, 0.3) is 0 Å². The molecule has 5 rings (SSSR count). The number of carbonyl (C=O) groups is 1. The molecule has 2 aliphatic rings. The maximum absolute atomic E-state index is 11.7. The summed E-state index contributed by atoms with van der Waals surface area (Å²) in [5, 5.41) is 22.9. The zero-order valence-electron chi connectivity index (χ0n) is 20.4. The molecule has 2 atom stereocenters. The fraction of sp³-hybridized carbons (Fsp3) is 0.423. The van der Waals surface area contributed by atoms with Gasteiger partial charge in [-0.2, -0.15) is 5.26 Å². The molecule has 0 radical (unpaired) electrons. The van der Waals surface area contributed by atoms with Gasteiger partial charge in [0, 0.05) is 18.7 Å². The van der Waals surface area contributed by atoms with Crippen LogP contribution in [-0.2, 0) is 4.74 Å². The highest BCUT2D eigenvalue weighted by Crippen LogP contribution is 2.44. The van der Waals surface area contributed by atoms with E-state index < -0.39 is 5.97 Å². The van der Waals surface area contributed by atoms with Gasteiger partial charge >= 0.3 is 5.97 Å². The first-order chi connectivity index (χ1) is 17.2. The molecule has 10 heteroatoms. The Morgan fingerprint density at radius 3 is 2.81 bits per heavy atom. The van der Waals surface area contributed by atoms with Gasteiger partial charge in [0.1, 0.15) is 11.2 Å². The number of fused-ring (bicyclic) bond motifs is 1. The topological polar surface area (TPSA) is 124 Å². The monoisotopic (exact) mass is 506 g/mol. The lowest BCUT2D eigenvalue weighted by Gasteiger charge is -2.41. The molecule has 1 aliphatic carbocycles. The molecular formula is C26H27ClN6O3. The fourth-order valence-corrected chi connectivity index (χ4v) is 5.14. The Balaban J connectivity index is 1.56. The van der Waals surface area contributed by atoms with Crippen LogP contribution in [0.3, 0.4) is 0 Å². The standard InChI is InChI=1S/C26H27ClN6O3/c1-14-10-17(15(2)29-18-6-7-21(27)31-23(18)25(34)35)22-19(11-14)30-20(12-28)24(32-22)33-8-9-36-26(3,13-33)16-4-5-16/h6-7,10-11,15-16,29H,4-5,8-9,13H2,1-3H3,(H,34,35)/t15-,26?/m1/s1. The lowest BCUT2D eigenvalue weighted by molar-refractivity contribution is -0.0577. The lowest BCUT2D eigenvalue weighted by atomic mass is 9.97. The van der Waals surface area contributed by atoms with E-state index in [0.717, 1.165) is 24.0 Å². The van der Waals surface area contributed by atoms with Gasteiger partial charge in [-0.25, -0.2) is 19.7 Å². The predicted octanol–water partition coefficient (Wildman–Crippen LogP) is 4.73. The molecule has 9 nitrogen and oxygen atoms in total. The molecule has 0 bridgehead atoms. The van der Waals surface area contributed by atoms with Crippen LogP contribution >= 0.6 is 11.6 Å². The predicted molar refractivity (Wildman–Crippen MR) is 137 cm³/mol. The van der Waals surface area contributed by atoms with E-state index >= 15 is 0 Å². The zero-order chi connectivity index (χ0) is 25.6. The molecule has 1 aromatic carbocycles. The van der Waals surface area contributed by atoms with Gasteiger partial charge in [0.2, 0.25) is 0 Å². The van der Waals surface area contributed by atoms with Crippen LogP contribution in [0, 0.1) is 24.2 Å². The third-order valence-electron chi connectivity index (χ3n) is 6.97. The first kappa shape index (κ1) is 24.2. The number of anilines is 2. The average molecular weight is 507 g/mol. The van der Waals surface area contributed by atoms with E-state index in [4.69, 9.17) is 21.3 Å². The second-order valence-corrected chi connectivity index (χ2v) is 10.2. The summed E-state index contributed by atoms with van der Waals surface area (Å²) in [6.45, 7) is 7.86. The molecule has 1 saturated heterocycles. The number of carboxylic acid groups (broad SMARTS) is 1. The summed E-state index contributed by atoms with van der Waals surface area (Å²) >= 11 is 5.92. The fourth-order valence-electron chi connectivity index (χ4n) is 4.99. The second-order valence-electron chi connectivity index (χ2n) is 9.79. The van der Waals surface area contributed by atoms with Gasteiger partial charge in [-0.05, 0) is 63.3 Å². The molecule has 2 fully saturated rings. The van der Waals surface area contributed by atoms with Crippen molar-refractivity contribution in [1.29, 1.82) is 5.26 Å². The molecule has 186 valence electrons. The number of ether oxygens (including phenoxy) is 1. The number of nitrogens with one attached hydrogen (secondary N) is 1. The van der Waals surface area contributed by atoms with Crippen molar-refractivity contribution in [3.8, 4) is 6.07 Å². The summed E-state index contributed by atoms with van der Waals surface area (Å²) in [5.74, 6) is -0.0944. The van der Waals surface area contributed by atoms with E-state index in [2.05, 4.69) is 33.2 Å². The molecule has 3 aromatic rings. The Morgan fingerprint density at radius 2 is 2.11 bits per heavy atom. The van der Waals surface area contributed by atoms with Gasteiger partial charge in [0.05, 0.1) is 35.0 Å². The third-order valence-corrected chi connectivity index (χ3v) is 7.18. The minimum Gasteiger partial charge on any atom is -0.476 e. The summed E-state index contributed by atoms with van der Waals surface area (Å²) in [6, 6.07) is 8.96. The van der Waals surface area contributed by atoms with Crippen molar-refractivity contribution < 1.29 is 14.6 Å². The molecule has 1 unspecified atom stereocenters. The summed E-state index contributed by atoms with van der Waals surface area (Å²) < 4.78 is 6.14. The number of rotatable bonds is 6. The largest absolute Gasteiger partial charge is 0.476 e. The Bertz CT molecular complexity index is 1400. The number of aromatic carboxylic acids is 1. The number of hydrogen-bond donors (Lipinski definition) is 2. The third kappa shape index (κ3) is 4.54. The normalized spacial score (nSPS) is 20.7. The Morgan fingerprint density at radius 1 is 1.33 bits per heavy atom. The molecule has 0 amide bonds. The van der Waals surface area contributed by atoms with Crippen molar-refractivity contribution in [2.45, 2.75) is 45.3 Å². The summed E-state index contributed by atoms with van der Waals surface area (Å²) in [6.07, 6.45) is 2.31. The van der Waals surface area contributed by atoms with Crippen LogP contribution in [0.4, 0.5) is 11.5 Å². The number of aryl methyl sites for hydroxylation is 1. The van der Waals surface area contributed by atoms with Crippen LogP contribution in [0.25, 0.3) is 11.0 Å². The number of nitriles is 1. The van der Waals surface area contributed by atoms with Crippen LogP contribution in [0.5, 0.6) is 0 Å². The van der Waals surface area contributed by atoms with E-state index in [0.29, 0.717) is 48.2 Å². The first-order valence-corrected chi connectivity index (χ1v) is 12.3.